The van der Waals surface area contributed by atoms with Gasteiger partial charge in [-0.05, 0) is 55.5 Å². The van der Waals surface area contributed by atoms with Crippen molar-refractivity contribution in [2.45, 2.75) is 17.9 Å². The van der Waals surface area contributed by atoms with Gasteiger partial charge in [0.1, 0.15) is 51.4 Å². The average molecular weight is 545 g/mol. The SMILES string of the molecule is C[C@@H](O)/C(N)=N/S(=O)(=O)c1cc(/C(O)=C(\C(=O)c2cc(F)ccc2F)c2nc3ccccc3[nH]2)ccc1F. The number of aromatic amines is 1. The lowest BCUT2D eigenvalue weighted by Crippen LogP contribution is -2.27. The number of nitrogens with one attached hydrogen (secondary N) is 1. The van der Waals surface area contributed by atoms with Crippen LogP contribution in [0.25, 0.3) is 22.4 Å². The van der Waals surface area contributed by atoms with E-state index in [1.54, 1.807) is 24.3 Å². The van der Waals surface area contributed by atoms with Crippen LogP contribution in [0.15, 0.2) is 70.0 Å². The highest BCUT2D eigenvalue weighted by Gasteiger charge is 2.28. The minimum Gasteiger partial charge on any atom is -0.506 e. The molecule has 0 radical (unpaired) electrons. The number of imidazole rings is 1. The van der Waals surface area contributed by atoms with Gasteiger partial charge in [-0.2, -0.15) is 8.42 Å². The number of carbonyl (C=O) groups excluding carboxylic acids is 1. The number of fused-ring (bicyclic) bond motifs is 1. The van der Waals surface area contributed by atoms with Crippen molar-refractivity contribution in [1.82, 2.24) is 9.97 Å². The van der Waals surface area contributed by atoms with E-state index in [1.807, 2.05) is 0 Å². The van der Waals surface area contributed by atoms with E-state index in [2.05, 4.69) is 14.4 Å². The van der Waals surface area contributed by atoms with Crippen molar-refractivity contribution in [2.24, 2.45) is 10.1 Å². The third-order valence-corrected chi connectivity index (χ3v) is 6.72. The van der Waals surface area contributed by atoms with Gasteiger partial charge in [-0.3, -0.25) is 4.79 Å². The maximum atomic E-state index is 14.5. The van der Waals surface area contributed by atoms with E-state index in [0.29, 0.717) is 29.2 Å². The summed E-state index contributed by atoms with van der Waals surface area (Å²) in [5, 5.41) is 20.6. The number of carbonyl (C=O) groups is 1. The molecule has 38 heavy (non-hydrogen) atoms. The molecule has 0 aliphatic rings. The van der Waals surface area contributed by atoms with Crippen molar-refractivity contribution in [3.63, 3.8) is 0 Å². The zero-order valence-corrected chi connectivity index (χ0v) is 20.3. The predicted octanol–water partition coefficient (Wildman–Crippen LogP) is 3.72. The number of amidine groups is 1. The molecule has 0 spiro atoms. The first-order valence-electron chi connectivity index (χ1n) is 10.9. The Balaban J connectivity index is 1.97. The number of allylic oxidation sites excluding steroid dienone is 1. The monoisotopic (exact) mass is 544 g/mol. The topological polar surface area (TPSA) is 159 Å². The van der Waals surface area contributed by atoms with Crippen LogP contribution in [0.2, 0.25) is 0 Å². The minimum absolute atomic E-state index is 0.248. The van der Waals surface area contributed by atoms with E-state index in [4.69, 9.17) is 5.73 Å². The number of H-pyrrole nitrogens is 1. The normalized spacial score (nSPS) is 13.9. The van der Waals surface area contributed by atoms with Crippen LogP contribution in [0.4, 0.5) is 13.2 Å². The average Bonchev–Trinajstić information content (AvgIpc) is 3.28. The van der Waals surface area contributed by atoms with Crippen molar-refractivity contribution in [2.75, 3.05) is 0 Å². The third-order valence-electron chi connectivity index (χ3n) is 5.40. The number of nitrogens with two attached hydrogens (primary N) is 1. The summed E-state index contributed by atoms with van der Waals surface area (Å²) in [6.45, 7) is 1.15. The van der Waals surface area contributed by atoms with Gasteiger partial charge in [0.15, 0.2) is 0 Å². The van der Waals surface area contributed by atoms with Crippen LogP contribution in [0.1, 0.15) is 28.7 Å². The molecule has 13 heteroatoms. The molecular weight excluding hydrogens is 525 g/mol. The Bertz CT molecular complexity index is 1710. The molecule has 0 unspecified atom stereocenters. The van der Waals surface area contributed by atoms with Gasteiger partial charge in [0.05, 0.1) is 16.6 Å². The number of sulfonamides is 1. The Labute approximate surface area is 213 Å². The third kappa shape index (κ3) is 5.14. The Kier molecular flexibility index (Phi) is 7.07. The smallest absolute Gasteiger partial charge is 0.286 e. The van der Waals surface area contributed by atoms with Gasteiger partial charge >= 0.3 is 0 Å². The van der Waals surface area contributed by atoms with Crippen LogP contribution in [-0.4, -0.2) is 46.3 Å². The molecule has 5 N–H and O–H groups in total. The summed E-state index contributed by atoms with van der Waals surface area (Å²) in [4.78, 5) is 19.4. The van der Waals surface area contributed by atoms with E-state index in [-0.39, 0.29) is 5.82 Å². The highest BCUT2D eigenvalue weighted by Crippen LogP contribution is 2.31. The Hall–Kier alpha value is -4.49. The summed E-state index contributed by atoms with van der Waals surface area (Å²) >= 11 is 0. The molecule has 4 aromatic rings. The fourth-order valence-corrected chi connectivity index (χ4v) is 4.58. The van der Waals surface area contributed by atoms with Gasteiger partial charge in [0.25, 0.3) is 10.0 Å². The number of aromatic nitrogens is 2. The number of aliphatic hydroxyl groups excluding tert-OH is 2. The second-order valence-corrected chi connectivity index (χ2v) is 9.66. The highest BCUT2D eigenvalue weighted by molar-refractivity contribution is 7.90. The maximum Gasteiger partial charge on any atom is 0.286 e. The van der Waals surface area contributed by atoms with Crippen LogP contribution in [0, 0.1) is 17.5 Å². The molecular formula is C25H19F3N4O5S. The summed E-state index contributed by atoms with van der Waals surface area (Å²) in [5.74, 6) is -6.36. The molecule has 0 aliphatic carbocycles. The lowest BCUT2D eigenvalue weighted by Gasteiger charge is -2.11. The molecule has 0 saturated carbocycles. The summed E-state index contributed by atoms with van der Waals surface area (Å²) in [6, 6.07) is 11.0. The van der Waals surface area contributed by atoms with E-state index in [1.165, 1.54) is 0 Å². The van der Waals surface area contributed by atoms with Crippen LogP contribution < -0.4 is 5.73 Å². The molecule has 0 amide bonds. The largest absolute Gasteiger partial charge is 0.506 e. The van der Waals surface area contributed by atoms with Gasteiger partial charge in [-0.25, -0.2) is 18.2 Å². The van der Waals surface area contributed by atoms with Crippen molar-refractivity contribution >= 4 is 44.0 Å². The van der Waals surface area contributed by atoms with Crippen LogP contribution >= 0.6 is 0 Å². The summed E-state index contributed by atoms with van der Waals surface area (Å²) in [7, 11) is -4.81. The summed E-state index contributed by atoms with van der Waals surface area (Å²) < 4.78 is 71.4. The van der Waals surface area contributed by atoms with Gasteiger partial charge in [-0.1, -0.05) is 12.1 Å². The quantitative estimate of drug-likeness (QED) is 0.0907. The predicted molar refractivity (Wildman–Crippen MR) is 133 cm³/mol. The van der Waals surface area contributed by atoms with Crippen LogP contribution in [-0.2, 0) is 10.0 Å². The van der Waals surface area contributed by atoms with Crippen molar-refractivity contribution in [1.29, 1.82) is 0 Å². The minimum atomic E-state index is -4.81. The van der Waals surface area contributed by atoms with E-state index >= 15 is 0 Å². The zero-order valence-electron chi connectivity index (χ0n) is 19.5. The number of nitrogens with zero attached hydrogens (tertiary/aromatic N) is 2. The molecule has 4 rings (SSSR count). The number of aliphatic hydroxyl groups is 2. The highest BCUT2D eigenvalue weighted by atomic mass is 32.2. The Morgan fingerprint density at radius 3 is 2.42 bits per heavy atom. The van der Waals surface area contributed by atoms with E-state index < -0.39 is 72.6 Å². The molecule has 196 valence electrons. The fourth-order valence-electron chi connectivity index (χ4n) is 3.46. The molecule has 3 aromatic carbocycles. The van der Waals surface area contributed by atoms with Gasteiger partial charge in [0.2, 0.25) is 5.78 Å². The molecule has 0 aliphatic heterocycles. The molecule has 1 heterocycles. The van der Waals surface area contributed by atoms with Crippen LogP contribution in [0.5, 0.6) is 0 Å². The summed E-state index contributed by atoms with van der Waals surface area (Å²) in [6.07, 6.45) is -1.46. The maximum absolute atomic E-state index is 14.5. The molecule has 1 aromatic heterocycles. The molecule has 0 bridgehead atoms. The van der Waals surface area contributed by atoms with Crippen LogP contribution in [0.3, 0.4) is 0 Å². The Morgan fingerprint density at radius 2 is 1.74 bits per heavy atom. The number of halogens is 3. The molecule has 0 fully saturated rings. The number of hydrogen-bond acceptors (Lipinski definition) is 6. The zero-order chi connectivity index (χ0) is 27.8. The first-order valence-corrected chi connectivity index (χ1v) is 12.3. The first kappa shape index (κ1) is 26.6. The fraction of sp³-hybridized carbons (Fsp3) is 0.0800. The number of ketones is 1. The van der Waals surface area contributed by atoms with E-state index in [0.717, 1.165) is 25.1 Å². The lowest BCUT2D eigenvalue weighted by atomic mass is 9.98. The van der Waals surface area contributed by atoms with Gasteiger partial charge in [0, 0.05) is 5.56 Å². The number of para-hydroxylation sites is 2. The number of Topliss-reactive ketones (excluding diaryl/α,β-unsaturated/α-hetero) is 1. The van der Waals surface area contributed by atoms with E-state index in [9.17, 15) is 36.6 Å². The lowest BCUT2D eigenvalue weighted by molar-refractivity contribution is 0.105. The second-order valence-electron chi connectivity index (χ2n) is 8.09. The standard InChI is InChI=1S/C25H19F3N4O5S/c1-12(33)24(29)32-38(36,37)20-10-13(6-8-17(20)28)22(34)21(23(35)15-11-14(26)7-9-16(15)27)25-30-18-4-2-3-5-19(18)31-25/h2-12,33-34H,1H3,(H2,29,32)(H,30,31)/b22-21-/t12-/m1/s1. The number of rotatable bonds is 7. The number of benzene rings is 3. The first-order chi connectivity index (χ1) is 17.9. The second kappa shape index (κ2) is 10.1. The summed E-state index contributed by atoms with van der Waals surface area (Å²) in [5.41, 5.74) is 4.42. The molecule has 9 nitrogen and oxygen atoms in total. The van der Waals surface area contributed by atoms with Gasteiger partial charge in [-0.15, -0.1) is 4.40 Å². The van der Waals surface area contributed by atoms with Crippen molar-refractivity contribution in [3.05, 3.63) is 95.1 Å². The number of hydrogen-bond donors (Lipinski definition) is 4. The van der Waals surface area contributed by atoms with Crippen molar-refractivity contribution < 1.29 is 36.6 Å². The molecule has 1 atom stereocenters. The Morgan fingerprint density at radius 1 is 1.05 bits per heavy atom. The van der Waals surface area contributed by atoms with Gasteiger partial charge < -0.3 is 20.9 Å². The van der Waals surface area contributed by atoms with Crippen molar-refractivity contribution in [3.8, 4) is 0 Å². The molecule has 0 saturated heterocycles.